The van der Waals surface area contributed by atoms with Crippen molar-refractivity contribution in [3.8, 4) is 5.88 Å². The molecular weight excluding hydrogens is 218 g/mol. The molecule has 1 aromatic heterocycles. The van der Waals surface area contributed by atoms with Gasteiger partial charge in [-0.05, 0) is 12.1 Å². The minimum Gasteiger partial charge on any atom is -0.473 e. The molecule has 0 saturated heterocycles. The van der Waals surface area contributed by atoms with Gasteiger partial charge in [0, 0.05) is 6.54 Å². The quantitative estimate of drug-likeness (QED) is 0.829. The first-order chi connectivity index (χ1) is 8.38. The molecule has 0 radical (unpaired) electrons. The van der Waals surface area contributed by atoms with Gasteiger partial charge in [0.05, 0.1) is 24.2 Å². The first-order valence-electron chi connectivity index (χ1n) is 5.64. The van der Waals surface area contributed by atoms with Crippen LogP contribution in [-0.2, 0) is 0 Å². The van der Waals surface area contributed by atoms with Crippen molar-refractivity contribution in [1.29, 1.82) is 0 Å². The average Bonchev–Trinajstić information content (AvgIpc) is 2.37. The molecule has 1 aromatic carbocycles. The van der Waals surface area contributed by atoms with Crippen LogP contribution in [0.5, 0.6) is 5.88 Å². The fourth-order valence-electron chi connectivity index (χ4n) is 1.97. The van der Waals surface area contributed by atoms with E-state index in [0.717, 1.165) is 23.4 Å². The topological polar surface area (TPSA) is 58.5 Å². The number of ether oxygens (including phenoxy) is 1. The fraction of sp³-hybridized carbons (Fsp3) is 0.333. The Morgan fingerprint density at radius 2 is 2.00 bits per heavy atom. The van der Waals surface area contributed by atoms with Gasteiger partial charge in [0.1, 0.15) is 6.61 Å². The summed E-state index contributed by atoms with van der Waals surface area (Å²) >= 11 is 0. The SMILES string of the molecule is OCCN1CCOc2nc3ccccc3nc21. The van der Waals surface area contributed by atoms with Gasteiger partial charge in [0.25, 0.3) is 5.88 Å². The number of benzene rings is 1. The number of para-hydroxylation sites is 2. The number of fused-ring (bicyclic) bond motifs is 2. The van der Waals surface area contributed by atoms with Crippen LogP contribution in [0.4, 0.5) is 5.82 Å². The molecule has 5 heteroatoms. The Labute approximate surface area is 98.7 Å². The molecule has 88 valence electrons. The molecule has 0 aliphatic carbocycles. The number of rotatable bonds is 2. The van der Waals surface area contributed by atoms with Crippen LogP contribution in [0.1, 0.15) is 0 Å². The van der Waals surface area contributed by atoms with Gasteiger partial charge in [-0.25, -0.2) is 9.97 Å². The Kier molecular flexibility index (Phi) is 2.53. The minimum absolute atomic E-state index is 0.105. The van der Waals surface area contributed by atoms with Crippen LogP contribution in [0.3, 0.4) is 0 Å². The van der Waals surface area contributed by atoms with E-state index in [0.29, 0.717) is 19.0 Å². The molecule has 0 atom stereocenters. The highest BCUT2D eigenvalue weighted by molar-refractivity contribution is 5.77. The summed E-state index contributed by atoms with van der Waals surface area (Å²) in [6.45, 7) is 1.98. The molecule has 2 heterocycles. The molecule has 0 spiro atoms. The van der Waals surface area contributed by atoms with Crippen molar-refractivity contribution in [3.63, 3.8) is 0 Å². The largest absolute Gasteiger partial charge is 0.473 e. The summed E-state index contributed by atoms with van der Waals surface area (Å²) in [4.78, 5) is 11.0. The van der Waals surface area contributed by atoms with Gasteiger partial charge in [0.15, 0.2) is 5.82 Å². The number of anilines is 1. The molecule has 2 aromatic rings. The third kappa shape index (κ3) is 1.78. The lowest BCUT2D eigenvalue weighted by Gasteiger charge is -2.28. The number of aromatic nitrogens is 2. The van der Waals surface area contributed by atoms with Crippen LogP contribution < -0.4 is 9.64 Å². The van der Waals surface area contributed by atoms with Crippen LogP contribution >= 0.6 is 0 Å². The molecule has 1 aliphatic rings. The van der Waals surface area contributed by atoms with E-state index >= 15 is 0 Å². The predicted octanol–water partition coefficient (Wildman–Crippen LogP) is 0.821. The third-order valence-corrected chi connectivity index (χ3v) is 2.79. The standard InChI is InChI=1S/C12H13N3O2/c16-7-5-15-6-8-17-12-11(15)13-9-3-1-2-4-10(9)14-12/h1-4,16H,5-8H2. The molecule has 0 fully saturated rings. The number of hydrogen-bond acceptors (Lipinski definition) is 5. The van der Waals surface area contributed by atoms with Crippen LogP contribution in [0.15, 0.2) is 24.3 Å². The van der Waals surface area contributed by atoms with Gasteiger partial charge >= 0.3 is 0 Å². The molecule has 1 aliphatic heterocycles. The van der Waals surface area contributed by atoms with Crippen LogP contribution in [0, 0.1) is 0 Å². The second-order valence-electron chi connectivity index (χ2n) is 3.90. The van der Waals surface area contributed by atoms with Crippen molar-refractivity contribution < 1.29 is 9.84 Å². The summed E-state index contributed by atoms with van der Waals surface area (Å²) in [7, 11) is 0. The first-order valence-corrected chi connectivity index (χ1v) is 5.64. The first kappa shape index (κ1) is 10.3. The Morgan fingerprint density at radius 3 is 2.76 bits per heavy atom. The summed E-state index contributed by atoms with van der Waals surface area (Å²) in [5.74, 6) is 1.28. The summed E-state index contributed by atoms with van der Waals surface area (Å²) in [5, 5.41) is 9.03. The van der Waals surface area contributed by atoms with Crippen LogP contribution in [0.25, 0.3) is 11.0 Å². The molecule has 0 saturated carbocycles. The lowest BCUT2D eigenvalue weighted by molar-refractivity contribution is 0.271. The van der Waals surface area contributed by atoms with E-state index in [2.05, 4.69) is 9.97 Å². The molecule has 3 rings (SSSR count). The molecule has 1 N–H and O–H groups in total. The second kappa shape index (κ2) is 4.18. The molecular formula is C12H13N3O2. The maximum atomic E-state index is 9.03. The summed E-state index contributed by atoms with van der Waals surface area (Å²) < 4.78 is 5.51. The third-order valence-electron chi connectivity index (χ3n) is 2.79. The highest BCUT2D eigenvalue weighted by Gasteiger charge is 2.21. The molecule has 0 unspecified atom stereocenters. The molecule has 17 heavy (non-hydrogen) atoms. The van der Waals surface area contributed by atoms with Crippen LogP contribution in [0.2, 0.25) is 0 Å². The van der Waals surface area contributed by atoms with E-state index in [1.54, 1.807) is 0 Å². The Morgan fingerprint density at radius 1 is 1.24 bits per heavy atom. The lowest BCUT2D eigenvalue weighted by Crippen LogP contribution is -2.36. The van der Waals surface area contributed by atoms with E-state index in [9.17, 15) is 0 Å². The number of β-amino-alcohol motifs (C(OH)–C–C–N with tert-alkyl or cyclic N) is 1. The van der Waals surface area contributed by atoms with Crippen molar-refractivity contribution in [2.24, 2.45) is 0 Å². The highest BCUT2D eigenvalue weighted by atomic mass is 16.5. The number of nitrogens with zero attached hydrogens (tertiary/aromatic N) is 3. The molecule has 5 nitrogen and oxygen atoms in total. The number of aliphatic hydroxyl groups excluding tert-OH is 1. The van der Waals surface area contributed by atoms with Gasteiger partial charge < -0.3 is 14.7 Å². The zero-order valence-corrected chi connectivity index (χ0v) is 9.33. The van der Waals surface area contributed by atoms with E-state index in [4.69, 9.17) is 9.84 Å². The maximum Gasteiger partial charge on any atom is 0.258 e. The smallest absolute Gasteiger partial charge is 0.258 e. The average molecular weight is 231 g/mol. The summed E-state index contributed by atoms with van der Waals surface area (Å²) in [6, 6.07) is 7.70. The van der Waals surface area contributed by atoms with E-state index in [1.165, 1.54) is 0 Å². The number of hydrogen-bond donors (Lipinski definition) is 1. The van der Waals surface area contributed by atoms with Crippen molar-refractivity contribution in [3.05, 3.63) is 24.3 Å². The Balaban J connectivity index is 2.12. The lowest BCUT2D eigenvalue weighted by atomic mass is 10.3. The van der Waals surface area contributed by atoms with Gasteiger partial charge in [-0.1, -0.05) is 12.1 Å². The molecule has 0 bridgehead atoms. The van der Waals surface area contributed by atoms with E-state index < -0.39 is 0 Å². The number of aliphatic hydroxyl groups is 1. The van der Waals surface area contributed by atoms with Gasteiger partial charge in [0.2, 0.25) is 0 Å². The second-order valence-corrected chi connectivity index (χ2v) is 3.90. The zero-order valence-electron chi connectivity index (χ0n) is 9.33. The zero-order chi connectivity index (χ0) is 11.7. The summed E-state index contributed by atoms with van der Waals surface area (Å²) in [6.07, 6.45) is 0. The predicted molar refractivity (Wildman–Crippen MR) is 64.3 cm³/mol. The Hall–Kier alpha value is -1.88. The molecule has 0 amide bonds. The highest BCUT2D eigenvalue weighted by Crippen LogP contribution is 2.29. The summed E-state index contributed by atoms with van der Waals surface area (Å²) in [5.41, 5.74) is 1.68. The van der Waals surface area contributed by atoms with Crippen molar-refractivity contribution in [1.82, 2.24) is 9.97 Å². The van der Waals surface area contributed by atoms with Crippen molar-refractivity contribution in [2.45, 2.75) is 0 Å². The van der Waals surface area contributed by atoms with E-state index in [1.807, 2.05) is 29.2 Å². The minimum atomic E-state index is 0.105. The van der Waals surface area contributed by atoms with Crippen LogP contribution in [-0.4, -0.2) is 41.4 Å². The normalized spacial score (nSPS) is 14.5. The van der Waals surface area contributed by atoms with Crippen molar-refractivity contribution >= 4 is 16.9 Å². The van der Waals surface area contributed by atoms with Gasteiger partial charge in [-0.3, -0.25) is 0 Å². The van der Waals surface area contributed by atoms with E-state index in [-0.39, 0.29) is 6.61 Å². The van der Waals surface area contributed by atoms with Crippen molar-refractivity contribution in [2.75, 3.05) is 31.2 Å². The monoisotopic (exact) mass is 231 g/mol. The van der Waals surface area contributed by atoms with Gasteiger partial charge in [-0.15, -0.1) is 0 Å². The van der Waals surface area contributed by atoms with Gasteiger partial charge in [-0.2, -0.15) is 0 Å². The Bertz CT molecular complexity index is 544. The fourth-order valence-corrected chi connectivity index (χ4v) is 1.97. The maximum absolute atomic E-state index is 9.03.